The summed E-state index contributed by atoms with van der Waals surface area (Å²) in [4.78, 5) is 28.3. The van der Waals surface area contributed by atoms with Crippen LogP contribution in [0.25, 0.3) is 0 Å². The van der Waals surface area contributed by atoms with Crippen LogP contribution in [0.4, 0.5) is 10.5 Å². The quantitative estimate of drug-likeness (QED) is 0.412. The number of rotatable bonds is 4. The van der Waals surface area contributed by atoms with Crippen LogP contribution in [0.1, 0.15) is 31.2 Å². The van der Waals surface area contributed by atoms with Crippen LogP contribution >= 0.6 is 0 Å². The van der Waals surface area contributed by atoms with Crippen LogP contribution in [0.2, 0.25) is 0 Å². The molecule has 1 saturated heterocycles. The summed E-state index contributed by atoms with van der Waals surface area (Å²) in [6.45, 7) is 2.86. The molecule has 8 heteroatoms. The minimum absolute atomic E-state index is 0.0203. The van der Waals surface area contributed by atoms with Gasteiger partial charge in [0.2, 0.25) is 0 Å². The molecule has 0 unspecified atom stereocenters. The van der Waals surface area contributed by atoms with E-state index in [9.17, 15) is 9.59 Å². The molecule has 1 aromatic rings. The zero-order chi connectivity index (χ0) is 20.1. The molecule has 2 aliphatic rings. The third kappa shape index (κ3) is 4.74. The second-order valence-corrected chi connectivity index (χ2v) is 7.46. The Morgan fingerprint density at radius 2 is 1.68 bits per heavy atom. The Kier molecular flexibility index (Phi) is 6.38. The third-order valence-corrected chi connectivity index (χ3v) is 5.70. The fourth-order valence-corrected chi connectivity index (χ4v) is 3.93. The molecule has 1 saturated carbocycles. The Morgan fingerprint density at radius 1 is 1.07 bits per heavy atom. The molecule has 0 spiro atoms. The summed E-state index contributed by atoms with van der Waals surface area (Å²) in [5, 5.41) is 10.6. The van der Waals surface area contributed by atoms with E-state index in [0.29, 0.717) is 18.7 Å². The zero-order valence-electron chi connectivity index (χ0n) is 16.3. The number of nitrogens with one attached hydrogen (secondary N) is 2. The fourth-order valence-electron chi connectivity index (χ4n) is 3.93. The molecule has 4 N–H and O–H groups in total. The molecule has 1 aliphatic heterocycles. The second-order valence-electron chi connectivity index (χ2n) is 7.46. The smallest absolute Gasteiger partial charge is 0.317 e. The number of methoxy groups -OCH3 is 1. The Morgan fingerprint density at radius 3 is 2.21 bits per heavy atom. The molecular formula is C20H29N5O3. The zero-order valence-corrected chi connectivity index (χ0v) is 16.3. The SMILES string of the molecule is COC(=O)C1CCC(NC(=O)N2CCN(c3ccc(C(=N)N)cc3)CC2)CC1. The number of piperazine rings is 1. The molecule has 1 aliphatic carbocycles. The van der Waals surface area contributed by atoms with E-state index in [0.717, 1.165) is 44.5 Å². The molecule has 0 radical (unpaired) electrons. The number of nitrogen functional groups attached to an aromatic ring is 1. The maximum absolute atomic E-state index is 12.6. The van der Waals surface area contributed by atoms with Crippen LogP contribution < -0.4 is 16.0 Å². The molecule has 8 nitrogen and oxygen atoms in total. The molecule has 0 atom stereocenters. The van der Waals surface area contributed by atoms with Gasteiger partial charge in [-0.3, -0.25) is 10.2 Å². The number of carbonyl (C=O) groups is 2. The molecule has 1 aromatic carbocycles. The van der Waals surface area contributed by atoms with Gasteiger partial charge in [-0.1, -0.05) is 0 Å². The molecule has 0 bridgehead atoms. The first kappa shape index (κ1) is 20.0. The lowest BCUT2D eigenvalue weighted by Crippen LogP contribution is -2.54. The number of carbonyl (C=O) groups excluding carboxylic acids is 2. The van der Waals surface area contributed by atoms with Gasteiger partial charge < -0.3 is 25.6 Å². The van der Waals surface area contributed by atoms with Gasteiger partial charge in [0.1, 0.15) is 5.84 Å². The number of nitrogens with two attached hydrogens (primary N) is 1. The number of esters is 1. The number of nitrogens with zero attached hydrogens (tertiary/aromatic N) is 2. The van der Waals surface area contributed by atoms with Gasteiger partial charge in [-0.05, 0) is 49.9 Å². The van der Waals surface area contributed by atoms with Crippen molar-refractivity contribution in [1.82, 2.24) is 10.2 Å². The first-order valence-corrected chi connectivity index (χ1v) is 9.80. The minimum atomic E-state index is -0.141. The lowest BCUT2D eigenvalue weighted by atomic mass is 9.86. The van der Waals surface area contributed by atoms with E-state index in [-0.39, 0.29) is 29.8 Å². The van der Waals surface area contributed by atoms with Gasteiger partial charge in [-0.25, -0.2) is 4.79 Å². The standard InChI is InChI=1S/C20H29N5O3/c1-28-19(26)15-2-6-16(7-3-15)23-20(27)25-12-10-24(11-13-25)17-8-4-14(5-9-17)18(21)22/h4-5,8-9,15-16H,2-3,6-7,10-13H2,1H3,(H3,21,22)(H,23,27). The van der Waals surface area contributed by atoms with E-state index < -0.39 is 0 Å². The molecular weight excluding hydrogens is 358 g/mol. The molecule has 2 amide bonds. The van der Waals surface area contributed by atoms with Crippen molar-refractivity contribution in [1.29, 1.82) is 5.41 Å². The van der Waals surface area contributed by atoms with E-state index in [2.05, 4.69) is 10.2 Å². The predicted octanol–water partition coefficient (Wildman–Crippen LogP) is 1.53. The van der Waals surface area contributed by atoms with Crippen LogP contribution in [0.3, 0.4) is 0 Å². The predicted molar refractivity (Wildman–Crippen MR) is 108 cm³/mol. The number of amidine groups is 1. The summed E-state index contributed by atoms with van der Waals surface area (Å²) in [6, 6.07) is 7.74. The van der Waals surface area contributed by atoms with Crippen molar-refractivity contribution in [2.45, 2.75) is 31.7 Å². The second kappa shape index (κ2) is 8.95. The van der Waals surface area contributed by atoms with Crippen molar-refractivity contribution < 1.29 is 14.3 Å². The highest BCUT2D eigenvalue weighted by Gasteiger charge is 2.29. The Hall–Kier alpha value is -2.77. The summed E-state index contributed by atoms with van der Waals surface area (Å²) in [5.41, 5.74) is 7.28. The van der Waals surface area contributed by atoms with Gasteiger partial charge in [0, 0.05) is 43.5 Å². The largest absolute Gasteiger partial charge is 0.469 e. The monoisotopic (exact) mass is 387 g/mol. The lowest BCUT2D eigenvalue weighted by molar-refractivity contribution is -0.146. The highest BCUT2D eigenvalue weighted by molar-refractivity contribution is 5.95. The summed E-state index contributed by atoms with van der Waals surface area (Å²) in [6.07, 6.45) is 3.16. The average molecular weight is 387 g/mol. The van der Waals surface area contributed by atoms with Gasteiger partial charge in [-0.15, -0.1) is 0 Å². The van der Waals surface area contributed by atoms with E-state index >= 15 is 0 Å². The van der Waals surface area contributed by atoms with Crippen LogP contribution in [0, 0.1) is 11.3 Å². The molecule has 1 heterocycles. The highest BCUT2D eigenvalue weighted by atomic mass is 16.5. The van der Waals surface area contributed by atoms with E-state index in [1.165, 1.54) is 7.11 Å². The lowest BCUT2D eigenvalue weighted by Gasteiger charge is -2.37. The highest BCUT2D eigenvalue weighted by Crippen LogP contribution is 2.25. The molecule has 2 fully saturated rings. The maximum Gasteiger partial charge on any atom is 0.317 e. The molecule has 3 rings (SSSR count). The topological polar surface area (TPSA) is 112 Å². The van der Waals surface area contributed by atoms with Crippen molar-refractivity contribution in [2.75, 3.05) is 38.2 Å². The number of ether oxygens (including phenoxy) is 1. The Labute approximate surface area is 165 Å². The van der Waals surface area contributed by atoms with Crippen molar-refractivity contribution >= 4 is 23.5 Å². The minimum Gasteiger partial charge on any atom is -0.469 e. The summed E-state index contributed by atoms with van der Waals surface area (Å²) in [7, 11) is 1.42. The van der Waals surface area contributed by atoms with Crippen LogP contribution in [0.15, 0.2) is 24.3 Å². The van der Waals surface area contributed by atoms with Crippen molar-refractivity contribution in [3.63, 3.8) is 0 Å². The Bertz CT molecular complexity index is 705. The van der Waals surface area contributed by atoms with Crippen LogP contribution in [-0.2, 0) is 9.53 Å². The van der Waals surface area contributed by atoms with Crippen LogP contribution in [0.5, 0.6) is 0 Å². The van der Waals surface area contributed by atoms with E-state index in [1.807, 2.05) is 29.2 Å². The third-order valence-electron chi connectivity index (χ3n) is 5.70. The summed E-state index contributed by atoms with van der Waals surface area (Å²) in [5.74, 6) is -0.109. The first-order valence-electron chi connectivity index (χ1n) is 9.80. The van der Waals surface area contributed by atoms with Crippen molar-refractivity contribution in [3.8, 4) is 0 Å². The van der Waals surface area contributed by atoms with Crippen LogP contribution in [-0.4, -0.2) is 62.1 Å². The summed E-state index contributed by atoms with van der Waals surface area (Å²) >= 11 is 0. The van der Waals surface area contributed by atoms with Crippen molar-refractivity contribution in [2.24, 2.45) is 11.7 Å². The number of benzene rings is 1. The molecule has 0 aromatic heterocycles. The van der Waals surface area contributed by atoms with Crippen molar-refractivity contribution in [3.05, 3.63) is 29.8 Å². The molecule has 28 heavy (non-hydrogen) atoms. The Balaban J connectivity index is 1.44. The van der Waals surface area contributed by atoms with Gasteiger partial charge in [0.25, 0.3) is 0 Å². The maximum atomic E-state index is 12.6. The van der Waals surface area contributed by atoms with E-state index in [4.69, 9.17) is 15.9 Å². The number of hydrogen-bond acceptors (Lipinski definition) is 5. The average Bonchev–Trinajstić information content (AvgIpc) is 2.74. The first-order chi connectivity index (χ1) is 13.5. The van der Waals surface area contributed by atoms with Gasteiger partial charge in [-0.2, -0.15) is 0 Å². The van der Waals surface area contributed by atoms with Gasteiger partial charge in [0.15, 0.2) is 0 Å². The number of amides is 2. The van der Waals surface area contributed by atoms with Gasteiger partial charge in [0.05, 0.1) is 13.0 Å². The normalized spacial score (nSPS) is 22.5. The number of hydrogen-bond donors (Lipinski definition) is 3. The fraction of sp³-hybridized carbons (Fsp3) is 0.550. The summed E-state index contributed by atoms with van der Waals surface area (Å²) < 4.78 is 4.81. The van der Waals surface area contributed by atoms with E-state index in [1.54, 1.807) is 0 Å². The molecule has 152 valence electrons. The number of urea groups is 1. The number of anilines is 1. The van der Waals surface area contributed by atoms with Gasteiger partial charge >= 0.3 is 12.0 Å².